The van der Waals surface area contributed by atoms with Crippen LogP contribution in [-0.4, -0.2) is 23.9 Å². The molecule has 0 fully saturated rings. The molecule has 2 atom stereocenters. The Hall–Kier alpha value is -2.01. The molecule has 0 radical (unpaired) electrons. The quantitative estimate of drug-likeness (QED) is 0.348. The number of benzene rings is 1. The Kier molecular flexibility index (Phi) is 5.22. The van der Waals surface area contributed by atoms with Crippen LogP contribution in [0.25, 0.3) is 0 Å². The van der Waals surface area contributed by atoms with Crippen LogP contribution in [0, 0.1) is 22.0 Å². The summed E-state index contributed by atoms with van der Waals surface area (Å²) < 4.78 is 5.52. The van der Waals surface area contributed by atoms with E-state index in [0.29, 0.717) is 24.0 Å². The van der Waals surface area contributed by atoms with Gasteiger partial charge in [0.1, 0.15) is 6.61 Å². The number of ether oxygens (including phenoxy) is 1. The van der Waals surface area contributed by atoms with Gasteiger partial charge in [0.05, 0.1) is 11.5 Å². The lowest BCUT2D eigenvalue weighted by atomic mass is 9.85. The maximum absolute atomic E-state index is 11.9. The number of carbonyl (C=O) groups is 1. The first kappa shape index (κ1) is 15.4. The molecule has 0 heterocycles. The van der Waals surface area contributed by atoms with Crippen molar-refractivity contribution in [2.24, 2.45) is 11.8 Å². The molecule has 2 unspecified atom stereocenters. The average molecular weight is 289 g/mol. The van der Waals surface area contributed by atoms with Crippen molar-refractivity contribution >= 4 is 11.5 Å². The molecular weight excluding hydrogens is 270 g/mol. The molecule has 1 aromatic rings. The van der Waals surface area contributed by atoms with E-state index in [-0.39, 0.29) is 18.1 Å². The van der Waals surface area contributed by atoms with E-state index in [0.717, 1.165) is 12.8 Å². The normalized spacial score (nSPS) is 21.2. The van der Waals surface area contributed by atoms with E-state index >= 15 is 0 Å². The van der Waals surface area contributed by atoms with Gasteiger partial charge in [-0.2, -0.15) is 0 Å². The smallest absolute Gasteiger partial charge is 0.269 e. The minimum absolute atomic E-state index is 0.0183. The summed E-state index contributed by atoms with van der Waals surface area (Å²) in [5, 5.41) is 10.6. The van der Waals surface area contributed by atoms with Crippen molar-refractivity contribution in [2.75, 3.05) is 13.2 Å². The van der Waals surface area contributed by atoms with Crippen molar-refractivity contribution < 1.29 is 14.5 Å². The molecule has 0 saturated carbocycles. The molecule has 1 aromatic carbocycles. The van der Waals surface area contributed by atoms with Gasteiger partial charge in [-0.05, 0) is 36.8 Å². The van der Waals surface area contributed by atoms with Gasteiger partial charge in [0, 0.05) is 17.7 Å². The molecule has 1 aliphatic rings. The average Bonchev–Trinajstić information content (AvgIpc) is 2.49. The van der Waals surface area contributed by atoms with Crippen molar-refractivity contribution in [3.8, 4) is 0 Å². The number of Topliss-reactive ketones (excluding diaryl/α,β-unsaturated/α-hetero) is 1. The number of allylic oxidation sites excluding steroid dienone is 2. The largest absolute Gasteiger partial charge is 0.373 e. The summed E-state index contributed by atoms with van der Waals surface area (Å²) in [5.74, 6) is 0.882. The second-order valence-electron chi connectivity index (χ2n) is 5.42. The van der Waals surface area contributed by atoms with E-state index in [1.165, 1.54) is 24.3 Å². The third kappa shape index (κ3) is 4.23. The highest BCUT2D eigenvalue weighted by Gasteiger charge is 2.19. The highest BCUT2D eigenvalue weighted by atomic mass is 16.6. The molecule has 0 N–H and O–H groups in total. The van der Waals surface area contributed by atoms with E-state index in [2.05, 4.69) is 19.1 Å². The molecule has 0 aromatic heterocycles. The van der Waals surface area contributed by atoms with E-state index in [1.54, 1.807) is 0 Å². The number of hydrogen-bond donors (Lipinski definition) is 0. The highest BCUT2D eigenvalue weighted by molar-refractivity contribution is 5.97. The minimum atomic E-state index is -0.483. The fourth-order valence-electron chi connectivity index (χ4n) is 2.39. The zero-order chi connectivity index (χ0) is 15.2. The fraction of sp³-hybridized carbons (Fsp3) is 0.438. The molecule has 1 aliphatic carbocycles. The molecule has 112 valence electrons. The number of non-ortho nitro benzene ring substituents is 1. The van der Waals surface area contributed by atoms with Gasteiger partial charge >= 0.3 is 0 Å². The van der Waals surface area contributed by atoms with Crippen molar-refractivity contribution in [3.05, 3.63) is 52.1 Å². The van der Waals surface area contributed by atoms with E-state index in [4.69, 9.17) is 4.74 Å². The Bertz CT molecular complexity index is 536. The zero-order valence-electron chi connectivity index (χ0n) is 12.0. The van der Waals surface area contributed by atoms with Gasteiger partial charge in [-0.25, -0.2) is 0 Å². The lowest BCUT2D eigenvalue weighted by Crippen LogP contribution is -2.21. The molecule has 5 nitrogen and oxygen atoms in total. The van der Waals surface area contributed by atoms with Gasteiger partial charge in [0.25, 0.3) is 5.69 Å². The third-order valence-electron chi connectivity index (χ3n) is 3.88. The molecule has 0 saturated heterocycles. The number of nitro benzene ring substituents is 1. The van der Waals surface area contributed by atoms with Crippen LogP contribution in [0.1, 0.15) is 30.1 Å². The summed E-state index contributed by atoms with van der Waals surface area (Å²) in [4.78, 5) is 22.0. The minimum Gasteiger partial charge on any atom is -0.373 e. The molecule has 0 amide bonds. The van der Waals surface area contributed by atoms with Crippen LogP contribution in [0.5, 0.6) is 0 Å². The van der Waals surface area contributed by atoms with Crippen LogP contribution in [0.3, 0.4) is 0 Å². The molecule has 5 heteroatoms. The molecule has 2 rings (SSSR count). The lowest BCUT2D eigenvalue weighted by Gasteiger charge is -2.24. The molecule has 0 aliphatic heterocycles. The number of nitro groups is 1. The summed E-state index contributed by atoms with van der Waals surface area (Å²) in [5.41, 5.74) is 0.424. The highest BCUT2D eigenvalue weighted by Crippen LogP contribution is 2.25. The van der Waals surface area contributed by atoms with E-state index in [1.807, 2.05) is 0 Å². The maximum Gasteiger partial charge on any atom is 0.269 e. The Morgan fingerprint density at radius 1 is 1.29 bits per heavy atom. The number of rotatable bonds is 6. The Morgan fingerprint density at radius 3 is 2.57 bits per heavy atom. The SMILES string of the molecule is CC1CC=CCC1COCC(=O)c1ccc([N+](=O)[O-])cc1. The van der Waals surface area contributed by atoms with Gasteiger partial charge in [-0.15, -0.1) is 0 Å². The van der Waals surface area contributed by atoms with Crippen molar-refractivity contribution in [1.82, 2.24) is 0 Å². The summed E-state index contributed by atoms with van der Waals surface area (Å²) >= 11 is 0. The van der Waals surface area contributed by atoms with E-state index < -0.39 is 4.92 Å². The van der Waals surface area contributed by atoms with Crippen LogP contribution < -0.4 is 0 Å². The first-order valence-corrected chi connectivity index (χ1v) is 7.08. The third-order valence-corrected chi connectivity index (χ3v) is 3.88. The predicted octanol–water partition coefficient (Wildman–Crippen LogP) is 3.40. The number of carbonyl (C=O) groups excluding carboxylic acids is 1. The molecule has 0 spiro atoms. The van der Waals surface area contributed by atoms with E-state index in [9.17, 15) is 14.9 Å². The lowest BCUT2D eigenvalue weighted by molar-refractivity contribution is -0.384. The van der Waals surface area contributed by atoms with Crippen LogP contribution in [0.2, 0.25) is 0 Å². The monoisotopic (exact) mass is 289 g/mol. The van der Waals surface area contributed by atoms with Crippen LogP contribution >= 0.6 is 0 Å². The first-order valence-electron chi connectivity index (χ1n) is 7.08. The molecule has 0 bridgehead atoms. The van der Waals surface area contributed by atoms with Gasteiger partial charge in [0.2, 0.25) is 0 Å². The van der Waals surface area contributed by atoms with Crippen molar-refractivity contribution in [3.63, 3.8) is 0 Å². The van der Waals surface area contributed by atoms with Crippen LogP contribution in [0.15, 0.2) is 36.4 Å². The number of hydrogen-bond acceptors (Lipinski definition) is 4. The standard InChI is InChI=1S/C16H19NO4/c1-12-4-2-3-5-14(12)10-21-11-16(18)13-6-8-15(9-7-13)17(19)20/h2-3,6-9,12,14H,4-5,10-11H2,1H3. The second kappa shape index (κ2) is 7.13. The zero-order valence-corrected chi connectivity index (χ0v) is 12.0. The number of ketones is 1. The maximum atomic E-state index is 11.9. The Balaban J connectivity index is 1.81. The van der Waals surface area contributed by atoms with Gasteiger partial charge < -0.3 is 4.74 Å². The summed E-state index contributed by atoms with van der Waals surface area (Å²) in [6.07, 6.45) is 6.40. The summed E-state index contributed by atoms with van der Waals surface area (Å²) in [6.45, 7) is 2.78. The van der Waals surface area contributed by atoms with Crippen LogP contribution in [0.4, 0.5) is 5.69 Å². The van der Waals surface area contributed by atoms with Crippen molar-refractivity contribution in [1.29, 1.82) is 0 Å². The fourth-order valence-corrected chi connectivity index (χ4v) is 2.39. The number of nitrogens with zero attached hydrogens (tertiary/aromatic N) is 1. The van der Waals surface area contributed by atoms with Gasteiger partial charge in [-0.3, -0.25) is 14.9 Å². The molecular formula is C16H19NO4. The summed E-state index contributed by atoms with van der Waals surface area (Å²) in [7, 11) is 0. The predicted molar refractivity (Wildman–Crippen MR) is 79.3 cm³/mol. The second-order valence-corrected chi connectivity index (χ2v) is 5.42. The topological polar surface area (TPSA) is 69.4 Å². The Labute approximate surface area is 123 Å². The van der Waals surface area contributed by atoms with Crippen LogP contribution in [-0.2, 0) is 4.74 Å². The molecule has 21 heavy (non-hydrogen) atoms. The Morgan fingerprint density at radius 2 is 1.95 bits per heavy atom. The van der Waals surface area contributed by atoms with Gasteiger partial charge in [-0.1, -0.05) is 19.1 Å². The summed E-state index contributed by atoms with van der Waals surface area (Å²) in [6, 6.07) is 5.61. The van der Waals surface area contributed by atoms with Gasteiger partial charge in [0.15, 0.2) is 5.78 Å². The first-order chi connectivity index (χ1) is 10.1. The van der Waals surface area contributed by atoms with Crippen molar-refractivity contribution in [2.45, 2.75) is 19.8 Å².